The van der Waals surface area contributed by atoms with Crippen LogP contribution in [0.1, 0.15) is 77.0 Å². The van der Waals surface area contributed by atoms with Gasteiger partial charge in [0.15, 0.2) is 0 Å². The lowest BCUT2D eigenvalue weighted by atomic mass is 10.1. The third kappa shape index (κ3) is 21.0. The molecule has 0 radical (unpaired) electrons. The number of hydrogen-bond acceptors (Lipinski definition) is 7. The van der Waals surface area contributed by atoms with Crippen molar-refractivity contribution in [2.45, 2.75) is 83.2 Å². The molecule has 7 nitrogen and oxygen atoms in total. The summed E-state index contributed by atoms with van der Waals surface area (Å²) in [6.45, 7) is 0.0197. The molecule has 0 rings (SSSR count). The third-order valence-corrected chi connectivity index (χ3v) is 4.40. The lowest BCUT2D eigenvalue weighted by Crippen LogP contribution is -2.24. The molecule has 0 aliphatic carbocycles. The highest BCUT2D eigenvalue weighted by Crippen LogP contribution is 2.06. The highest BCUT2D eigenvalue weighted by atomic mass is 16.6. The Hall–Kier alpha value is -1.70. The van der Waals surface area contributed by atoms with Gasteiger partial charge in [-0.1, -0.05) is 50.7 Å². The predicted molar refractivity (Wildman–Crippen MR) is 116 cm³/mol. The number of aliphatic hydroxyl groups is 3. The number of aliphatic hydroxyl groups excluding tert-OH is 3. The van der Waals surface area contributed by atoms with Crippen molar-refractivity contribution in [3.63, 3.8) is 0 Å². The molecule has 0 aromatic carbocycles. The molecular formula is C23H40O7. The second kappa shape index (κ2) is 22.0. The molecule has 0 spiro atoms. The fourth-order valence-electron chi connectivity index (χ4n) is 2.67. The molecule has 0 fully saturated rings. The lowest BCUT2D eigenvalue weighted by molar-refractivity contribution is -0.146. The van der Waals surface area contributed by atoms with E-state index in [4.69, 9.17) is 19.7 Å². The van der Waals surface area contributed by atoms with E-state index in [0.29, 0.717) is 0 Å². The van der Waals surface area contributed by atoms with Crippen LogP contribution in [0.2, 0.25) is 0 Å². The Morgan fingerprint density at radius 1 is 0.633 bits per heavy atom. The van der Waals surface area contributed by atoms with Crippen LogP contribution in [0.3, 0.4) is 0 Å². The maximum absolute atomic E-state index is 11.6. The van der Waals surface area contributed by atoms with Gasteiger partial charge in [0.1, 0.15) is 19.3 Å². The van der Waals surface area contributed by atoms with Crippen molar-refractivity contribution in [2.75, 3.05) is 26.4 Å². The Morgan fingerprint density at radius 2 is 1.00 bits per heavy atom. The Bertz CT molecular complexity index is 432. The maximum atomic E-state index is 11.6. The van der Waals surface area contributed by atoms with Crippen molar-refractivity contribution in [3.05, 3.63) is 24.3 Å². The summed E-state index contributed by atoms with van der Waals surface area (Å²) in [5.74, 6) is -1.06. The van der Waals surface area contributed by atoms with Crippen LogP contribution in [0.5, 0.6) is 0 Å². The van der Waals surface area contributed by atoms with Crippen LogP contribution in [0.25, 0.3) is 0 Å². The van der Waals surface area contributed by atoms with E-state index in [1.807, 2.05) is 0 Å². The molecule has 0 saturated heterocycles. The molecule has 0 heterocycles. The van der Waals surface area contributed by atoms with Crippen LogP contribution >= 0.6 is 0 Å². The van der Waals surface area contributed by atoms with Gasteiger partial charge in [-0.3, -0.25) is 0 Å². The summed E-state index contributed by atoms with van der Waals surface area (Å²) in [6, 6.07) is 0. The SMILES string of the molecule is O=C(/C=C/CCCCCCCO)OCC(O)COC(=O)/C=C/CCCCCCCO. The first kappa shape index (κ1) is 28.3. The minimum atomic E-state index is -1.06. The summed E-state index contributed by atoms with van der Waals surface area (Å²) < 4.78 is 9.84. The van der Waals surface area contributed by atoms with Gasteiger partial charge in [-0.05, 0) is 38.5 Å². The molecule has 0 amide bonds. The molecule has 3 N–H and O–H groups in total. The van der Waals surface area contributed by atoms with E-state index in [1.54, 1.807) is 12.2 Å². The van der Waals surface area contributed by atoms with Gasteiger partial charge in [-0.2, -0.15) is 0 Å². The molecule has 0 aromatic heterocycles. The zero-order valence-electron chi connectivity index (χ0n) is 18.2. The molecule has 0 saturated carbocycles. The van der Waals surface area contributed by atoms with Crippen molar-refractivity contribution < 1.29 is 34.4 Å². The lowest BCUT2D eigenvalue weighted by Gasteiger charge is -2.10. The van der Waals surface area contributed by atoms with Gasteiger partial charge in [0, 0.05) is 25.4 Å². The average molecular weight is 429 g/mol. The van der Waals surface area contributed by atoms with Crippen molar-refractivity contribution in [1.82, 2.24) is 0 Å². The number of hydrogen-bond donors (Lipinski definition) is 3. The number of carbonyl (C=O) groups is 2. The van der Waals surface area contributed by atoms with Gasteiger partial charge < -0.3 is 24.8 Å². The number of ether oxygens (including phenoxy) is 2. The van der Waals surface area contributed by atoms with E-state index in [2.05, 4.69) is 0 Å². The predicted octanol–water partition coefficient (Wildman–Crippen LogP) is 3.21. The topological polar surface area (TPSA) is 113 Å². The van der Waals surface area contributed by atoms with Crippen LogP contribution in [-0.4, -0.2) is 59.8 Å². The third-order valence-electron chi connectivity index (χ3n) is 4.40. The van der Waals surface area contributed by atoms with Crippen molar-refractivity contribution in [2.24, 2.45) is 0 Å². The zero-order chi connectivity index (χ0) is 22.3. The second-order valence-electron chi connectivity index (χ2n) is 7.28. The zero-order valence-corrected chi connectivity index (χ0v) is 18.2. The van der Waals surface area contributed by atoms with Crippen molar-refractivity contribution >= 4 is 11.9 Å². The summed E-state index contributed by atoms with van der Waals surface area (Å²) in [7, 11) is 0. The highest BCUT2D eigenvalue weighted by Gasteiger charge is 2.09. The summed E-state index contributed by atoms with van der Waals surface area (Å²) in [5, 5.41) is 27.1. The minimum Gasteiger partial charge on any atom is -0.460 e. The van der Waals surface area contributed by atoms with Crippen LogP contribution < -0.4 is 0 Å². The number of unbranched alkanes of at least 4 members (excludes halogenated alkanes) is 10. The fraction of sp³-hybridized carbons (Fsp3) is 0.739. The monoisotopic (exact) mass is 428 g/mol. The second-order valence-corrected chi connectivity index (χ2v) is 7.28. The summed E-state index contributed by atoms with van der Waals surface area (Å²) in [5.41, 5.74) is 0. The van der Waals surface area contributed by atoms with Gasteiger partial charge in [0.25, 0.3) is 0 Å². The molecular weight excluding hydrogens is 388 g/mol. The fourth-order valence-corrected chi connectivity index (χ4v) is 2.67. The number of esters is 2. The van der Waals surface area contributed by atoms with E-state index in [-0.39, 0.29) is 26.4 Å². The highest BCUT2D eigenvalue weighted by molar-refractivity contribution is 5.82. The molecule has 0 aliphatic heterocycles. The van der Waals surface area contributed by atoms with Crippen LogP contribution in [0.15, 0.2) is 24.3 Å². The van der Waals surface area contributed by atoms with Crippen LogP contribution in [-0.2, 0) is 19.1 Å². The average Bonchev–Trinajstić information content (AvgIpc) is 2.74. The van der Waals surface area contributed by atoms with Gasteiger partial charge in [0.2, 0.25) is 0 Å². The molecule has 0 aromatic rings. The Kier molecular flexibility index (Phi) is 20.7. The number of carbonyl (C=O) groups excluding carboxylic acids is 2. The minimum absolute atomic E-state index is 0.227. The van der Waals surface area contributed by atoms with E-state index in [1.165, 1.54) is 12.2 Å². The Labute approximate surface area is 180 Å². The summed E-state index contributed by atoms with van der Waals surface area (Å²) >= 11 is 0. The molecule has 30 heavy (non-hydrogen) atoms. The van der Waals surface area contributed by atoms with Crippen molar-refractivity contribution in [3.8, 4) is 0 Å². The standard InChI is InChI=1S/C23H40O7/c24-17-13-9-5-1-3-7-11-15-22(27)29-19-21(26)20-30-23(28)16-12-8-4-2-6-10-14-18-25/h11-12,15-16,21,24-26H,1-10,13-14,17-20H2/b15-11+,16-12+. The van der Waals surface area contributed by atoms with Gasteiger partial charge in [-0.25, -0.2) is 9.59 Å². The molecule has 0 unspecified atom stereocenters. The quantitative estimate of drug-likeness (QED) is 0.155. The smallest absolute Gasteiger partial charge is 0.330 e. The van der Waals surface area contributed by atoms with Gasteiger partial charge >= 0.3 is 11.9 Å². The van der Waals surface area contributed by atoms with E-state index in [9.17, 15) is 14.7 Å². The first-order chi connectivity index (χ1) is 14.6. The number of allylic oxidation sites excluding steroid dienone is 2. The Balaban J connectivity index is 3.64. The summed E-state index contributed by atoms with van der Waals surface area (Å²) in [4.78, 5) is 23.1. The maximum Gasteiger partial charge on any atom is 0.330 e. The van der Waals surface area contributed by atoms with Gasteiger partial charge in [0.05, 0.1) is 0 Å². The first-order valence-corrected chi connectivity index (χ1v) is 11.2. The van der Waals surface area contributed by atoms with Gasteiger partial charge in [-0.15, -0.1) is 0 Å². The van der Waals surface area contributed by atoms with E-state index >= 15 is 0 Å². The number of rotatable bonds is 20. The van der Waals surface area contributed by atoms with Crippen LogP contribution in [0.4, 0.5) is 0 Å². The molecule has 7 heteroatoms. The first-order valence-electron chi connectivity index (χ1n) is 11.2. The van der Waals surface area contributed by atoms with E-state index in [0.717, 1.165) is 77.0 Å². The normalized spacial score (nSPS) is 11.6. The molecule has 0 atom stereocenters. The molecule has 174 valence electrons. The molecule has 0 bridgehead atoms. The summed E-state index contributed by atoms with van der Waals surface area (Å²) in [6.07, 6.45) is 16.6. The Morgan fingerprint density at radius 3 is 1.40 bits per heavy atom. The largest absolute Gasteiger partial charge is 0.460 e. The molecule has 0 aliphatic rings. The van der Waals surface area contributed by atoms with Crippen LogP contribution in [0, 0.1) is 0 Å². The van der Waals surface area contributed by atoms with Crippen molar-refractivity contribution in [1.29, 1.82) is 0 Å². The van der Waals surface area contributed by atoms with E-state index < -0.39 is 18.0 Å².